The molecule has 0 saturated carbocycles. The van der Waals surface area contributed by atoms with Crippen LogP contribution in [0.1, 0.15) is 26.6 Å². The Hall–Kier alpha value is -2.37. The molecule has 1 N–H and O–H groups in total. The molecule has 0 bridgehead atoms. The Bertz CT molecular complexity index is 599. The standard InChI is InChI=1S/C14H18N4O2/c1-10-15-16-12(11-8-6-5-7-9-11)18(10)17-13(19)20-14(2,3)4/h5-9H,1-4H3,(H,17,19). The summed E-state index contributed by atoms with van der Waals surface area (Å²) in [7, 11) is 0. The molecule has 0 aliphatic rings. The number of nitrogens with zero attached hydrogens (tertiary/aromatic N) is 3. The fourth-order valence-electron chi connectivity index (χ4n) is 1.66. The molecular weight excluding hydrogens is 256 g/mol. The van der Waals surface area contributed by atoms with Gasteiger partial charge in [-0.2, -0.15) is 0 Å². The van der Waals surface area contributed by atoms with Crippen LogP contribution in [0.3, 0.4) is 0 Å². The third-order valence-electron chi connectivity index (χ3n) is 2.46. The Labute approximate surface area is 117 Å². The summed E-state index contributed by atoms with van der Waals surface area (Å²) in [6, 6.07) is 9.51. The minimum Gasteiger partial charge on any atom is -0.443 e. The van der Waals surface area contributed by atoms with Crippen LogP contribution >= 0.6 is 0 Å². The monoisotopic (exact) mass is 274 g/mol. The van der Waals surface area contributed by atoms with Crippen LogP contribution in [0.4, 0.5) is 4.79 Å². The summed E-state index contributed by atoms with van der Waals surface area (Å²) in [5.41, 5.74) is 2.95. The van der Waals surface area contributed by atoms with E-state index in [-0.39, 0.29) is 0 Å². The highest BCUT2D eigenvalue weighted by molar-refractivity contribution is 5.77. The molecule has 0 atom stereocenters. The van der Waals surface area contributed by atoms with Crippen molar-refractivity contribution in [2.45, 2.75) is 33.3 Å². The van der Waals surface area contributed by atoms with Gasteiger partial charge in [-0.25, -0.2) is 14.9 Å². The highest BCUT2D eigenvalue weighted by Crippen LogP contribution is 2.16. The van der Waals surface area contributed by atoms with Gasteiger partial charge in [-0.3, -0.25) is 0 Å². The van der Waals surface area contributed by atoms with E-state index in [4.69, 9.17) is 4.74 Å². The van der Waals surface area contributed by atoms with Crippen molar-refractivity contribution in [1.82, 2.24) is 14.9 Å². The minimum atomic E-state index is -0.557. The number of nitrogens with one attached hydrogen (secondary N) is 1. The zero-order chi connectivity index (χ0) is 14.8. The summed E-state index contributed by atoms with van der Waals surface area (Å²) in [5.74, 6) is 1.14. The quantitative estimate of drug-likeness (QED) is 0.914. The summed E-state index contributed by atoms with van der Waals surface area (Å²) in [6.45, 7) is 7.19. The minimum absolute atomic E-state index is 0.544. The predicted octanol–water partition coefficient (Wildman–Crippen LogP) is 2.73. The fourth-order valence-corrected chi connectivity index (χ4v) is 1.66. The molecule has 1 heterocycles. The van der Waals surface area contributed by atoms with E-state index in [2.05, 4.69) is 15.6 Å². The van der Waals surface area contributed by atoms with Gasteiger partial charge in [0.15, 0.2) is 5.82 Å². The van der Waals surface area contributed by atoms with Gasteiger partial charge in [-0.15, -0.1) is 10.2 Å². The molecule has 0 fully saturated rings. The first-order chi connectivity index (χ1) is 9.37. The molecule has 0 radical (unpaired) electrons. The van der Waals surface area contributed by atoms with Gasteiger partial charge in [0.05, 0.1) is 0 Å². The van der Waals surface area contributed by atoms with Crippen LogP contribution in [0.25, 0.3) is 11.4 Å². The highest BCUT2D eigenvalue weighted by atomic mass is 16.6. The summed E-state index contributed by atoms with van der Waals surface area (Å²) in [6.07, 6.45) is -0.544. The molecule has 6 heteroatoms. The maximum Gasteiger partial charge on any atom is 0.427 e. The zero-order valence-corrected chi connectivity index (χ0v) is 12.0. The van der Waals surface area contributed by atoms with Crippen LogP contribution in [0.15, 0.2) is 30.3 Å². The number of rotatable bonds is 2. The van der Waals surface area contributed by atoms with Crippen molar-refractivity contribution in [1.29, 1.82) is 0 Å². The molecule has 6 nitrogen and oxygen atoms in total. The lowest BCUT2D eigenvalue weighted by Crippen LogP contribution is -2.32. The molecule has 0 aliphatic carbocycles. The molecule has 0 unspecified atom stereocenters. The van der Waals surface area contributed by atoms with Gasteiger partial charge in [0, 0.05) is 5.56 Å². The Balaban J connectivity index is 2.25. The number of carbonyl (C=O) groups is 1. The zero-order valence-electron chi connectivity index (χ0n) is 12.0. The number of amides is 1. The average Bonchev–Trinajstić information content (AvgIpc) is 2.70. The lowest BCUT2D eigenvalue weighted by Gasteiger charge is -2.20. The number of ether oxygens (including phenoxy) is 1. The van der Waals surface area contributed by atoms with Crippen molar-refractivity contribution in [3.05, 3.63) is 36.2 Å². The first-order valence-electron chi connectivity index (χ1n) is 6.34. The normalized spacial score (nSPS) is 11.2. The summed E-state index contributed by atoms with van der Waals surface area (Å²) in [5, 5.41) is 8.06. The predicted molar refractivity (Wildman–Crippen MR) is 75.8 cm³/mol. The van der Waals surface area contributed by atoms with Crippen molar-refractivity contribution in [2.24, 2.45) is 0 Å². The van der Waals surface area contributed by atoms with Crippen LogP contribution in [-0.4, -0.2) is 26.6 Å². The first-order valence-corrected chi connectivity index (χ1v) is 6.34. The second kappa shape index (κ2) is 5.32. The third-order valence-corrected chi connectivity index (χ3v) is 2.46. The number of hydrogen-bond acceptors (Lipinski definition) is 4. The molecule has 106 valence electrons. The van der Waals surface area contributed by atoms with E-state index in [1.165, 1.54) is 4.68 Å². The van der Waals surface area contributed by atoms with E-state index in [0.717, 1.165) is 5.56 Å². The summed E-state index contributed by atoms with van der Waals surface area (Å²) >= 11 is 0. The lowest BCUT2D eigenvalue weighted by molar-refractivity contribution is 0.0613. The van der Waals surface area contributed by atoms with Gasteiger partial charge in [-0.05, 0) is 27.7 Å². The average molecular weight is 274 g/mol. The molecule has 0 saturated heterocycles. The van der Waals surface area contributed by atoms with Crippen LogP contribution in [0, 0.1) is 6.92 Å². The topological polar surface area (TPSA) is 69.0 Å². The lowest BCUT2D eigenvalue weighted by atomic mass is 10.2. The number of benzene rings is 1. The van der Waals surface area contributed by atoms with E-state index < -0.39 is 11.7 Å². The highest BCUT2D eigenvalue weighted by Gasteiger charge is 2.19. The second-order valence-corrected chi connectivity index (χ2v) is 5.39. The van der Waals surface area contributed by atoms with Crippen molar-refractivity contribution in [3.8, 4) is 11.4 Å². The molecule has 1 amide bonds. The van der Waals surface area contributed by atoms with E-state index in [0.29, 0.717) is 11.6 Å². The summed E-state index contributed by atoms with van der Waals surface area (Å²) < 4.78 is 6.75. The van der Waals surface area contributed by atoms with Gasteiger partial charge in [0.25, 0.3) is 0 Å². The molecule has 0 spiro atoms. The van der Waals surface area contributed by atoms with Crippen LogP contribution in [-0.2, 0) is 4.74 Å². The van der Waals surface area contributed by atoms with Crippen molar-refractivity contribution < 1.29 is 9.53 Å². The molecule has 2 aromatic rings. The van der Waals surface area contributed by atoms with Gasteiger partial charge < -0.3 is 4.74 Å². The summed E-state index contributed by atoms with van der Waals surface area (Å²) in [4.78, 5) is 11.9. The Morgan fingerprint density at radius 3 is 2.45 bits per heavy atom. The fraction of sp³-hybridized carbons (Fsp3) is 0.357. The molecule has 2 rings (SSSR count). The first kappa shape index (κ1) is 14.0. The maximum atomic E-state index is 11.9. The van der Waals surface area contributed by atoms with E-state index >= 15 is 0 Å². The number of aryl methyl sites for hydroxylation is 1. The van der Waals surface area contributed by atoms with Crippen LogP contribution in [0.5, 0.6) is 0 Å². The molecule has 20 heavy (non-hydrogen) atoms. The molecular formula is C14H18N4O2. The maximum absolute atomic E-state index is 11.9. The van der Waals surface area contributed by atoms with E-state index in [9.17, 15) is 4.79 Å². The number of aromatic nitrogens is 3. The van der Waals surface area contributed by atoms with Gasteiger partial charge in [-0.1, -0.05) is 30.3 Å². The van der Waals surface area contributed by atoms with Gasteiger partial charge >= 0.3 is 6.09 Å². The van der Waals surface area contributed by atoms with Crippen molar-refractivity contribution in [3.63, 3.8) is 0 Å². The Morgan fingerprint density at radius 1 is 1.20 bits per heavy atom. The van der Waals surface area contributed by atoms with Crippen LogP contribution < -0.4 is 5.43 Å². The molecule has 0 aliphatic heterocycles. The van der Waals surface area contributed by atoms with E-state index in [1.807, 2.05) is 51.1 Å². The Morgan fingerprint density at radius 2 is 1.85 bits per heavy atom. The van der Waals surface area contributed by atoms with Gasteiger partial charge in [0.2, 0.25) is 0 Å². The second-order valence-electron chi connectivity index (χ2n) is 5.39. The third kappa shape index (κ3) is 3.34. The molecule has 1 aromatic carbocycles. The van der Waals surface area contributed by atoms with Crippen molar-refractivity contribution in [2.75, 3.05) is 5.43 Å². The largest absolute Gasteiger partial charge is 0.443 e. The van der Waals surface area contributed by atoms with Crippen LogP contribution in [0.2, 0.25) is 0 Å². The number of hydrogen-bond donors (Lipinski definition) is 1. The Kier molecular flexibility index (Phi) is 3.74. The smallest absolute Gasteiger partial charge is 0.427 e. The van der Waals surface area contributed by atoms with E-state index in [1.54, 1.807) is 6.92 Å². The van der Waals surface area contributed by atoms with Gasteiger partial charge in [0.1, 0.15) is 11.4 Å². The van der Waals surface area contributed by atoms with Crippen molar-refractivity contribution >= 4 is 6.09 Å². The SMILES string of the molecule is Cc1nnc(-c2ccccc2)n1NC(=O)OC(C)(C)C. The number of carbonyl (C=O) groups excluding carboxylic acids is 1. The molecule has 1 aromatic heterocycles.